The smallest absolute Gasteiger partial charge is 0.410 e. The summed E-state index contributed by atoms with van der Waals surface area (Å²) in [5.41, 5.74) is 3.75. The summed E-state index contributed by atoms with van der Waals surface area (Å²) in [5, 5.41) is 3.40. The average molecular weight is 624 g/mol. The second-order valence-corrected chi connectivity index (χ2v) is 13.3. The Hall–Kier alpha value is -3.98. The highest BCUT2D eigenvalue weighted by atomic mass is 35.5. The van der Waals surface area contributed by atoms with E-state index in [1.807, 2.05) is 71.9 Å². The van der Waals surface area contributed by atoms with Gasteiger partial charge >= 0.3 is 12.2 Å². The van der Waals surface area contributed by atoms with E-state index >= 15 is 0 Å². The van der Waals surface area contributed by atoms with Crippen LogP contribution in [0.2, 0.25) is 5.02 Å². The van der Waals surface area contributed by atoms with Crippen molar-refractivity contribution in [2.45, 2.75) is 65.6 Å². The third-order valence-electron chi connectivity index (χ3n) is 7.10. The van der Waals surface area contributed by atoms with Crippen LogP contribution in [-0.4, -0.2) is 72.4 Å². The van der Waals surface area contributed by atoms with Crippen LogP contribution in [0.3, 0.4) is 0 Å². The highest BCUT2D eigenvalue weighted by molar-refractivity contribution is 6.32. The predicted molar refractivity (Wildman–Crippen MR) is 173 cm³/mol. The van der Waals surface area contributed by atoms with Crippen molar-refractivity contribution in [1.82, 2.24) is 9.80 Å². The lowest BCUT2D eigenvalue weighted by Gasteiger charge is -2.30. The predicted octanol–water partition coefficient (Wildman–Crippen LogP) is 7.65. The number of hydrogen-bond donors (Lipinski definition) is 1. The van der Waals surface area contributed by atoms with E-state index in [0.717, 1.165) is 22.3 Å². The van der Waals surface area contributed by atoms with E-state index in [4.69, 9.17) is 25.8 Å². The molecule has 2 aromatic rings. The van der Waals surface area contributed by atoms with Gasteiger partial charge < -0.3 is 29.3 Å². The third-order valence-corrected chi connectivity index (χ3v) is 7.42. The van der Waals surface area contributed by atoms with Crippen LogP contribution in [0.5, 0.6) is 5.75 Å². The standard InChI is InChI=1S/C34H42ClN3O6/c1-33(2,3)43-31(40)37-16-12-22(13-17-37)26-10-8-24(20-28(26)35)30(39)36-25-9-11-27(29(21-25)42-7)23-14-18-38(19-15-23)32(41)44-34(4,5)6/h8-12,14,20-21H,13,15-19H2,1-7H3,(H,36,39). The maximum atomic E-state index is 13.1. The van der Waals surface area contributed by atoms with Gasteiger partial charge in [0.25, 0.3) is 5.91 Å². The minimum absolute atomic E-state index is 0.299. The fourth-order valence-corrected chi connectivity index (χ4v) is 5.27. The van der Waals surface area contributed by atoms with Crippen molar-refractivity contribution in [1.29, 1.82) is 0 Å². The number of halogens is 1. The van der Waals surface area contributed by atoms with Gasteiger partial charge in [-0.25, -0.2) is 9.59 Å². The SMILES string of the molecule is COc1cc(NC(=O)c2ccc(C3=CCN(C(=O)OC(C)(C)C)CC3)c(Cl)c2)ccc1C1=CCN(C(=O)OC(C)(C)C)CC1. The second kappa shape index (κ2) is 13.3. The molecular formula is C34H42ClN3O6. The molecule has 10 heteroatoms. The van der Waals surface area contributed by atoms with Gasteiger partial charge in [0.15, 0.2) is 0 Å². The second-order valence-electron chi connectivity index (χ2n) is 12.9. The molecular weight excluding hydrogens is 582 g/mol. The summed E-state index contributed by atoms with van der Waals surface area (Å²) in [7, 11) is 1.59. The van der Waals surface area contributed by atoms with Crippen molar-refractivity contribution in [2.24, 2.45) is 0 Å². The van der Waals surface area contributed by atoms with Crippen LogP contribution in [0.4, 0.5) is 15.3 Å². The highest BCUT2D eigenvalue weighted by Gasteiger charge is 2.26. The van der Waals surface area contributed by atoms with E-state index in [9.17, 15) is 14.4 Å². The normalized spacial score (nSPS) is 15.6. The van der Waals surface area contributed by atoms with E-state index in [1.54, 1.807) is 35.1 Å². The van der Waals surface area contributed by atoms with Crippen LogP contribution >= 0.6 is 11.6 Å². The summed E-state index contributed by atoms with van der Waals surface area (Å²) >= 11 is 6.63. The number of amides is 3. The summed E-state index contributed by atoms with van der Waals surface area (Å²) in [6.45, 7) is 13.0. The van der Waals surface area contributed by atoms with Crippen LogP contribution in [-0.2, 0) is 9.47 Å². The molecule has 44 heavy (non-hydrogen) atoms. The fourth-order valence-electron chi connectivity index (χ4n) is 4.97. The molecule has 3 amide bonds. The van der Waals surface area contributed by atoms with Crippen LogP contribution in [0, 0.1) is 0 Å². The van der Waals surface area contributed by atoms with Crippen LogP contribution in [0.1, 0.15) is 75.9 Å². The maximum Gasteiger partial charge on any atom is 0.410 e. The summed E-state index contributed by atoms with van der Waals surface area (Å²) < 4.78 is 16.6. The topological polar surface area (TPSA) is 97.4 Å². The minimum atomic E-state index is -0.548. The Morgan fingerprint density at radius 3 is 1.75 bits per heavy atom. The summed E-state index contributed by atoms with van der Waals surface area (Å²) in [6, 6.07) is 10.8. The monoisotopic (exact) mass is 623 g/mol. The molecule has 2 aliphatic rings. The van der Waals surface area contributed by atoms with Crippen molar-refractivity contribution in [3.8, 4) is 5.75 Å². The van der Waals surface area contributed by atoms with Crippen LogP contribution in [0.15, 0.2) is 48.6 Å². The molecule has 0 saturated heterocycles. The highest BCUT2D eigenvalue weighted by Crippen LogP contribution is 2.34. The lowest BCUT2D eigenvalue weighted by atomic mass is 9.97. The zero-order chi connectivity index (χ0) is 32.2. The molecule has 0 unspecified atom stereocenters. The molecule has 1 N–H and O–H groups in total. The van der Waals surface area contributed by atoms with Gasteiger partial charge in [-0.15, -0.1) is 0 Å². The van der Waals surface area contributed by atoms with Gasteiger partial charge in [-0.1, -0.05) is 29.8 Å². The Morgan fingerprint density at radius 1 is 0.773 bits per heavy atom. The molecule has 2 aromatic carbocycles. The number of carbonyl (C=O) groups is 3. The lowest BCUT2D eigenvalue weighted by molar-refractivity contribution is 0.0260. The van der Waals surface area contributed by atoms with Gasteiger partial charge in [-0.2, -0.15) is 0 Å². The van der Waals surface area contributed by atoms with E-state index in [-0.39, 0.29) is 18.1 Å². The fraction of sp³-hybridized carbons (Fsp3) is 0.441. The summed E-state index contributed by atoms with van der Waals surface area (Å²) in [5.74, 6) is 0.324. The number of nitrogens with zero attached hydrogens (tertiary/aromatic N) is 2. The Morgan fingerprint density at radius 2 is 1.30 bits per heavy atom. The van der Waals surface area contributed by atoms with Crippen LogP contribution in [0.25, 0.3) is 11.1 Å². The molecule has 0 bridgehead atoms. The molecule has 0 spiro atoms. The molecule has 4 rings (SSSR count). The largest absolute Gasteiger partial charge is 0.496 e. The van der Waals surface area contributed by atoms with Gasteiger partial charge in [-0.3, -0.25) is 4.79 Å². The first-order valence-corrected chi connectivity index (χ1v) is 15.1. The van der Waals surface area contributed by atoms with Crippen molar-refractivity contribution >= 4 is 46.5 Å². The zero-order valence-corrected chi connectivity index (χ0v) is 27.3. The molecule has 0 aliphatic carbocycles. The number of anilines is 1. The molecule has 0 aromatic heterocycles. The molecule has 0 radical (unpaired) electrons. The van der Waals surface area contributed by atoms with Gasteiger partial charge in [0.05, 0.1) is 7.11 Å². The first-order valence-electron chi connectivity index (χ1n) is 14.8. The number of ether oxygens (including phenoxy) is 3. The first kappa shape index (κ1) is 32.9. The summed E-state index contributed by atoms with van der Waals surface area (Å²) in [4.78, 5) is 41.3. The molecule has 2 heterocycles. The third kappa shape index (κ3) is 8.56. The van der Waals surface area contributed by atoms with Gasteiger partial charge in [-0.05, 0) is 95.4 Å². The Bertz CT molecular complexity index is 1480. The maximum absolute atomic E-state index is 13.1. The van der Waals surface area contributed by atoms with Gasteiger partial charge in [0.1, 0.15) is 17.0 Å². The van der Waals surface area contributed by atoms with E-state index in [2.05, 4.69) is 5.32 Å². The first-order chi connectivity index (χ1) is 20.6. The number of methoxy groups -OCH3 is 1. The van der Waals surface area contributed by atoms with E-state index in [1.165, 1.54) is 0 Å². The van der Waals surface area contributed by atoms with Crippen molar-refractivity contribution in [2.75, 3.05) is 38.6 Å². The lowest BCUT2D eigenvalue weighted by Crippen LogP contribution is -2.39. The molecule has 236 valence electrons. The molecule has 0 atom stereocenters. The van der Waals surface area contributed by atoms with E-state index in [0.29, 0.717) is 61.0 Å². The number of rotatable bonds is 5. The molecule has 0 fully saturated rings. The summed E-state index contributed by atoms with van der Waals surface area (Å²) in [6.07, 6.45) is 4.60. The molecule has 0 saturated carbocycles. The van der Waals surface area contributed by atoms with Gasteiger partial charge in [0.2, 0.25) is 0 Å². The Kier molecular flexibility index (Phi) is 9.98. The number of benzene rings is 2. The number of hydrogen-bond acceptors (Lipinski definition) is 6. The van der Waals surface area contributed by atoms with Gasteiger partial charge in [0, 0.05) is 54.1 Å². The van der Waals surface area contributed by atoms with Crippen LogP contribution < -0.4 is 10.1 Å². The Labute approximate surface area is 264 Å². The van der Waals surface area contributed by atoms with Crippen molar-refractivity contribution < 1.29 is 28.6 Å². The average Bonchev–Trinajstić information content (AvgIpc) is 2.95. The molecule has 9 nitrogen and oxygen atoms in total. The number of carbonyl (C=O) groups excluding carboxylic acids is 3. The zero-order valence-electron chi connectivity index (χ0n) is 26.6. The quantitative estimate of drug-likeness (QED) is 0.367. The Balaban J connectivity index is 1.40. The molecule has 2 aliphatic heterocycles. The van der Waals surface area contributed by atoms with Crippen molar-refractivity contribution in [3.05, 3.63) is 70.3 Å². The van der Waals surface area contributed by atoms with E-state index < -0.39 is 11.2 Å². The van der Waals surface area contributed by atoms with Crippen molar-refractivity contribution in [3.63, 3.8) is 0 Å². The minimum Gasteiger partial charge on any atom is -0.496 e. The number of nitrogens with one attached hydrogen (secondary N) is 1.